The highest BCUT2D eigenvalue weighted by atomic mass is 32.2. The normalized spacial score (nSPS) is 11.3. The van der Waals surface area contributed by atoms with Gasteiger partial charge in [-0.15, -0.1) is 5.10 Å². The second kappa shape index (κ2) is 8.84. The van der Waals surface area contributed by atoms with Crippen LogP contribution < -0.4 is 13.8 Å². The highest BCUT2D eigenvalue weighted by molar-refractivity contribution is 7.92. The molecule has 0 aliphatic rings. The number of nitrogens with zero attached hydrogens (tertiary/aromatic N) is 3. The topological polar surface area (TPSA) is 81.6 Å². The number of ether oxygens (including phenoxy) is 2. The maximum Gasteiger partial charge on any atom is 0.264 e. The van der Waals surface area contributed by atoms with Crippen LogP contribution >= 0.6 is 0 Å². The van der Waals surface area contributed by atoms with E-state index in [0.29, 0.717) is 29.7 Å². The summed E-state index contributed by atoms with van der Waals surface area (Å²) in [5.74, 6) is 1.56. The van der Waals surface area contributed by atoms with Crippen LogP contribution in [-0.4, -0.2) is 32.3 Å². The van der Waals surface area contributed by atoms with E-state index in [4.69, 9.17) is 9.47 Å². The molecule has 0 radical (unpaired) electrons. The number of hydrogen-bond acceptors (Lipinski definition) is 6. The fourth-order valence-electron chi connectivity index (χ4n) is 3.30. The maximum atomic E-state index is 13.0. The molecule has 32 heavy (non-hydrogen) atoms. The van der Waals surface area contributed by atoms with Gasteiger partial charge < -0.3 is 9.47 Å². The zero-order valence-electron chi connectivity index (χ0n) is 18.0. The smallest absolute Gasteiger partial charge is 0.264 e. The average molecular weight is 450 g/mol. The van der Waals surface area contributed by atoms with Crippen LogP contribution in [0, 0.1) is 6.92 Å². The third-order valence-electron chi connectivity index (χ3n) is 5.05. The molecule has 4 aromatic rings. The Balaban J connectivity index is 1.55. The lowest BCUT2D eigenvalue weighted by Crippen LogP contribution is -2.26. The fourth-order valence-corrected chi connectivity index (χ4v) is 4.49. The van der Waals surface area contributed by atoms with Crippen molar-refractivity contribution < 1.29 is 17.9 Å². The van der Waals surface area contributed by atoms with Gasteiger partial charge in [0, 0.05) is 17.8 Å². The van der Waals surface area contributed by atoms with Crippen LogP contribution in [0.3, 0.4) is 0 Å². The molecule has 0 bridgehead atoms. The number of aryl methyl sites for hydroxylation is 1. The summed E-state index contributed by atoms with van der Waals surface area (Å²) in [5.41, 5.74) is 1.33. The minimum absolute atomic E-state index is 0.185. The van der Waals surface area contributed by atoms with E-state index in [2.05, 4.69) is 10.2 Å². The van der Waals surface area contributed by atoms with Gasteiger partial charge in [0.25, 0.3) is 10.0 Å². The summed E-state index contributed by atoms with van der Waals surface area (Å²) in [4.78, 5) is 0.185. The monoisotopic (exact) mass is 449 g/mol. The second-order valence-electron chi connectivity index (χ2n) is 7.11. The predicted molar refractivity (Wildman–Crippen MR) is 124 cm³/mol. The third-order valence-corrected chi connectivity index (χ3v) is 6.85. The molecule has 0 unspecified atom stereocenters. The van der Waals surface area contributed by atoms with E-state index in [9.17, 15) is 8.42 Å². The average Bonchev–Trinajstić information content (AvgIpc) is 2.82. The molecule has 0 aliphatic heterocycles. The largest absolute Gasteiger partial charge is 0.494 e. The summed E-state index contributed by atoms with van der Waals surface area (Å²) in [7, 11) is -2.20. The first-order chi connectivity index (χ1) is 15.4. The van der Waals surface area contributed by atoms with E-state index in [0.717, 1.165) is 16.5 Å². The van der Waals surface area contributed by atoms with E-state index in [1.54, 1.807) is 36.4 Å². The lowest BCUT2D eigenvalue weighted by atomic mass is 10.1. The van der Waals surface area contributed by atoms with Crippen LogP contribution in [0.25, 0.3) is 10.8 Å². The molecule has 164 valence electrons. The SMILES string of the molecule is CCOc1ccc(S(=O)(=O)N(C)c2ccc(Oc3nnc(C)c4ccccc34)cc2)cc1. The fraction of sp³-hybridized carbons (Fsp3) is 0.167. The van der Waals surface area contributed by atoms with Gasteiger partial charge in [0.1, 0.15) is 11.5 Å². The molecular weight excluding hydrogens is 426 g/mol. The van der Waals surface area contributed by atoms with Crippen molar-refractivity contribution in [3.63, 3.8) is 0 Å². The van der Waals surface area contributed by atoms with Gasteiger partial charge in [-0.05, 0) is 68.4 Å². The van der Waals surface area contributed by atoms with Crippen LogP contribution in [0.4, 0.5) is 5.69 Å². The number of fused-ring (bicyclic) bond motifs is 1. The van der Waals surface area contributed by atoms with Crippen LogP contribution in [0.5, 0.6) is 17.4 Å². The summed E-state index contributed by atoms with van der Waals surface area (Å²) in [5, 5.41) is 10.2. The lowest BCUT2D eigenvalue weighted by Gasteiger charge is -2.20. The van der Waals surface area contributed by atoms with Gasteiger partial charge >= 0.3 is 0 Å². The molecule has 0 amide bonds. The van der Waals surface area contributed by atoms with Crippen LogP contribution in [-0.2, 0) is 10.0 Å². The molecule has 0 fully saturated rings. The van der Waals surface area contributed by atoms with E-state index in [1.807, 2.05) is 38.1 Å². The van der Waals surface area contributed by atoms with E-state index < -0.39 is 10.0 Å². The van der Waals surface area contributed by atoms with E-state index in [1.165, 1.54) is 23.5 Å². The van der Waals surface area contributed by atoms with Crippen LogP contribution in [0.1, 0.15) is 12.6 Å². The molecule has 7 nitrogen and oxygen atoms in total. The summed E-state index contributed by atoms with van der Waals surface area (Å²) in [6.45, 7) is 4.29. The molecule has 0 N–H and O–H groups in total. The number of benzene rings is 3. The molecule has 0 aliphatic carbocycles. The molecule has 4 rings (SSSR count). The highest BCUT2D eigenvalue weighted by Crippen LogP contribution is 2.30. The van der Waals surface area contributed by atoms with Crippen LogP contribution in [0.15, 0.2) is 77.7 Å². The molecule has 8 heteroatoms. The summed E-state index contributed by atoms with van der Waals surface area (Å²) in [6, 6.07) is 20.9. The van der Waals surface area contributed by atoms with Gasteiger partial charge in [-0.1, -0.05) is 18.2 Å². The Hall–Kier alpha value is -3.65. The quantitative estimate of drug-likeness (QED) is 0.397. The Morgan fingerprint density at radius 2 is 1.47 bits per heavy atom. The van der Waals surface area contributed by atoms with Crippen molar-refractivity contribution in [2.45, 2.75) is 18.7 Å². The Morgan fingerprint density at radius 3 is 2.12 bits per heavy atom. The maximum absolute atomic E-state index is 13.0. The summed E-state index contributed by atoms with van der Waals surface area (Å²) >= 11 is 0. The summed E-state index contributed by atoms with van der Waals surface area (Å²) in [6.07, 6.45) is 0. The molecule has 3 aromatic carbocycles. The Labute approximate surface area is 187 Å². The first-order valence-corrected chi connectivity index (χ1v) is 11.6. The lowest BCUT2D eigenvalue weighted by molar-refractivity contribution is 0.340. The van der Waals surface area contributed by atoms with Crippen molar-refractivity contribution in [3.05, 3.63) is 78.5 Å². The zero-order chi connectivity index (χ0) is 22.7. The van der Waals surface area contributed by atoms with Crippen molar-refractivity contribution in [1.82, 2.24) is 10.2 Å². The number of aromatic nitrogens is 2. The molecule has 0 saturated heterocycles. The first-order valence-electron chi connectivity index (χ1n) is 10.1. The molecular formula is C24H23N3O4S. The van der Waals surface area contributed by atoms with Crippen molar-refractivity contribution >= 4 is 26.5 Å². The molecule has 1 aromatic heterocycles. The van der Waals surface area contributed by atoms with E-state index >= 15 is 0 Å². The van der Waals surface area contributed by atoms with Crippen molar-refractivity contribution in [3.8, 4) is 17.4 Å². The van der Waals surface area contributed by atoms with Crippen molar-refractivity contribution in [1.29, 1.82) is 0 Å². The summed E-state index contributed by atoms with van der Waals surface area (Å²) < 4.78 is 38.5. The highest BCUT2D eigenvalue weighted by Gasteiger charge is 2.21. The van der Waals surface area contributed by atoms with Gasteiger partial charge in [-0.2, -0.15) is 5.10 Å². The van der Waals surface area contributed by atoms with Crippen molar-refractivity contribution in [2.24, 2.45) is 0 Å². The van der Waals surface area contributed by atoms with Gasteiger partial charge in [-0.3, -0.25) is 4.31 Å². The van der Waals surface area contributed by atoms with Gasteiger partial charge in [0.2, 0.25) is 5.88 Å². The van der Waals surface area contributed by atoms with Gasteiger partial charge in [0.05, 0.1) is 22.9 Å². The minimum Gasteiger partial charge on any atom is -0.494 e. The van der Waals surface area contributed by atoms with Crippen molar-refractivity contribution in [2.75, 3.05) is 18.0 Å². The Morgan fingerprint density at radius 1 is 0.844 bits per heavy atom. The zero-order valence-corrected chi connectivity index (χ0v) is 18.8. The Kier molecular flexibility index (Phi) is 5.96. The molecule has 0 atom stereocenters. The first kappa shape index (κ1) is 21.6. The number of rotatable bonds is 7. The molecule has 0 spiro atoms. The molecule has 0 saturated carbocycles. The minimum atomic E-state index is -3.71. The molecule has 1 heterocycles. The van der Waals surface area contributed by atoms with E-state index in [-0.39, 0.29) is 4.90 Å². The second-order valence-corrected chi connectivity index (χ2v) is 9.08. The third kappa shape index (κ3) is 4.22. The van der Waals surface area contributed by atoms with Gasteiger partial charge in [-0.25, -0.2) is 8.42 Å². The number of hydrogen-bond donors (Lipinski definition) is 0. The van der Waals surface area contributed by atoms with Crippen LogP contribution in [0.2, 0.25) is 0 Å². The standard InChI is InChI=1S/C24H23N3O4S/c1-4-30-19-13-15-21(16-14-19)32(28,29)27(3)18-9-11-20(12-10-18)31-24-23-8-6-5-7-22(23)17(2)25-26-24/h5-16H,4H2,1-3H3. The Bertz CT molecular complexity index is 1340. The predicted octanol–water partition coefficient (Wildman–Crippen LogP) is 4.95. The number of anilines is 1. The number of sulfonamides is 1. The van der Waals surface area contributed by atoms with Gasteiger partial charge in [0.15, 0.2) is 0 Å².